The molecule has 1 unspecified atom stereocenters. The van der Waals surface area contributed by atoms with Crippen molar-refractivity contribution in [3.05, 3.63) is 17.0 Å². The third-order valence-electron chi connectivity index (χ3n) is 6.11. The lowest BCUT2D eigenvalue weighted by molar-refractivity contribution is -0.131. The number of fused-ring (bicyclic) bond motifs is 1. The van der Waals surface area contributed by atoms with E-state index in [1.165, 1.54) is 24.1 Å². The number of aryl methyl sites for hydroxylation is 2. The maximum Gasteiger partial charge on any atom is 0.410 e. The number of hydrogen-bond acceptors (Lipinski definition) is 4. The van der Waals surface area contributed by atoms with E-state index in [0.717, 1.165) is 44.3 Å². The van der Waals surface area contributed by atoms with Crippen molar-refractivity contribution in [3.63, 3.8) is 0 Å². The number of nitrogens with one attached hydrogen (secondary N) is 1. The fourth-order valence-electron chi connectivity index (χ4n) is 4.61. The molecule has 3 aliphatic rings. The standard InChI is InChI=1S/C19H28N4O3/c1-22-13-19(26-18(22)25)9-4-11-23(12-10-19)17(24)8-7-16-14-5-2-3-6-15(14)20-21-16/h2-13H2,1H3,(H,20,21). The fraction of sp³-hybridized carbons (Fsp3) is 0.737. The van der Waals surface area contributed by atoms with Crippen LogP contribution in [0.3, 0.4) is 0 Å². The lowest BCUT2D eigenvalue weighted by Gasteiger charge is -2.25. The van der Waals surface area contributed by atoms with Gasteiger partial charge in [0.05, 0.1) is 12.2 Å². The SMILES string of the molecule is CN1CC2(CCCN(C(=O)CCc3n[nH]c4c3CCCC4)CC2)OC1=O. The Labute approximate surface area is 154 Å². The molecule has 7 nitrogen and oxygen atoms in total. The molecule has 1 N–H and O–H groups in total. The van der Waals surface area contributed by atoms with Crippen LogP contribution in [0.4, 0.5) is 4.79 Å². The molecule has 1 aromatic heterocycles. The van der Waals surface area contributed by atoms with Gasteiger partial charge in [-0.2, -0.15) is 5.10 Å². The van der Waals surface area contributed by atoms with Gasteiger partial charge in [-0.1, -0.05) is 0 Å². The Hall–Kier alpha value is -2.05. The van der Waals surface area contributed by atoms with Gasteiger partial charge in [0.15, 0.2) is 0 Å². The van der Waals surface area contributed by atoms with Crippen LogP contribution >= 0.6 is 0 Å². The van der Waals surface area contributed by atoms with E-state index in [9.17, 15) is 9.59 Å². The third kappa shape index (κ3) is 3.31. The highest BCUT2D eigenvalue weighted by atomic mass is 16.6. The molecule has 1 aliphatic carbocycles. The van der Waals surface area contributed by atoms with Gasteiger partial charge in [0.1, 0.15) is 5.60 Å². The first-order valence-electron chi connectivity index (χ1n) is 9.83. The summed E-state index contributed by atoms with van der Waals surface area (Å²) < 4.78 is 5.63. The molecule has 7 heteroatoms. The summed E-state index contributed by atoms with van der Waals surface area (Å²) in [5, 5.41) is 7.60. The summed E-state index contributed by atoms with van der Waals surface area (Å²) in [5.74, 6) is 0.187. The molecule has 0 aromatic carbocycles. The number of carbonyl (C=O) groups excluding carboxylic acids is 2. The Kier molecular flexibility index (Phi) is 4.63. The van der Waals surface area contributed by atoms with Crippen molar-refractivity contribution in [2.75, 3.05) is 26.7 Å². The number of amides is 2. The van der Waals surface area contributed by atoms with E-state index >= 15 is 0 Å². The number of hydrogen-bond donors (Lipinski definition) is 1. The number of aromatic nitrogens is 2. The van der Waals surface area contributed by atoms with Crippen molar-refractivity contribution < 1.29 is 14.3 Å². The predicted molar refractivity (Wildman–Crippen MR) is 95.8 cm³/mol. The predicted octanol–water partition coefficient (Wildman–Crippen LogP) is 2.05. The fourth-order valence-corrected chi connectivity index (χ4v) is 4.61. The van der Waals surface area contributed by atoms with E-state index in [-0.39, 0.29) is 12.0 Å². The number of carbonyl (C=O) groups is 2. The normalized spacial score (nSPS) is 26.0. The Bertz CT molecular complexity index is 701. The Balaban J connectivity index is 1.33. The van der Waals surface area contributed by atoms with Crippen LogP contribution in [0.15, 0.2) is 0 Å². The molecule has 3 heterocycles. The first kappa shape index (κ1) is 17.4. The number of ether oxygens (including phenoxy) is 1. The van der Waals surface area contributed by atoms with Crippen molar-refractivity contribution in [3.8, 4) is 0 Å². The maximum atomic E-state index is 12.7. The topological polar surface area (TPSA) is 78.5 Å². The second-order valence-corrected chi connectivity index (χ2v) is 7.98. The summed E-state index contributed by atoms with van der Waals surface area (Å²) in [7, 11) is 1.77. The zero-order chi connectivity index (χ0) is 18.1. The quantitative estimate of drug-likeness (QED) is 0.895. The van der Waals surface area contributed by atoms with Crippen LogP contribution in [0.5, 0.6) is 0 Å². The monoisotopic (exact) mass is 360 g/mol. The van der Waals surface area contributed by atoms with E-state index in [0.29, 0.717) is 25.9 Å². The summed E-state index contributed by atoms with van der Waals surface area (Å²) in [6, 6.07) is 0. The molecular formula is C19H28N4O3. The molecule has 2 amide bonds. The molecule has 0 saturated carbocycles. The van der Waals surface area contributed by atoms with E-state index in [1.807, 2.05) is 4.90 Å². The Morgan fingerprint density at radius 3 is 2.88 bits per heavy atom. The van der Waals surface area contributed by atoms with Gasteiger partial charge < -0.3 is 14.5 Å². The van der Waals surface area contributed by atoms with Crippen LogP contribution in [0.25, 0.3) is 0 Å². The molecule has 1 atom stereocenters. The molecule has 0 radical (unpaired) electrons. The smallest absolute Gasteiger partial charge is 0.410 e. The van der Waals surface area contributed by atoms with Gasteiger partial charge in [0.25, 0.3) is 0 Å². The number of rotatable bonds is 3. The summed E-state index contributed by atoms with van der Waals surface area (Å²) in [6.45, 7) is 2.05. The molecule has 1 spiro atoms. The first-order valence-corrected chi connectivity index (χ1v) is 9.83. The lowest BCUT2D eigenvalue weighted by atomic mass is 9.94. The van der Waals surface area contributed by atoms with Crippen molar-refractivity contribution in [2.24, 2.45) is 0 Å². The highest BCUT2D eigenvalue weighted by Crippen LogP contribution is 2.32. The highest BCUT2D eigenvalue weighted by molar-refractivity contribution is 5.76. The molecule has 2 saturated heterocycles. The molecule has 4 rings (SSSR count). The summed E-state index contributed by atoms with van der Waals surface area (Å²) in [5.41, 5.74) is 3.29. The zero-order valence-corrected chi connectivity index (χ0v) is 15.6. The van der Waals surface area contributed by atoms with Crippen LogP contribution in [-0.4, -0.2) is 64.3 Å². The average molecular weight is 360 g/mol. The minimum absolute atomic E-state index is 0.187. The van der Waals surface area contributed by atoms with Gasteiger partial charge in [0.2, 0.25) is 5.91 Å². The van der Waals surface area contributed by atoms with Crippen molar-refractivity contribution in [1.82, 2.24) is 20.0 Å². The summed E-state index contributed by atoms with van der Waals surface area (Å²) >= 11 is 0. The van der Waals surface area contributed by atoms with Crippen molar-refractivity contribution in [2.45, 2.75) is 63.4 Å². The molecule has 0 bridgehead atoms. The maximum absolute atomic E-state index is 12.7. The van der Waals surface area contributed by atoms with Crippen LogP contribution in [0, 0.1) is 0 Å². The minimum Gasteiger partial charge on any atom is -0.441 e. The Morgan fingerprint density at radius 1 is 1.23 bits per heavy atom. The van der Waals surface area contributed by atoms with Gasteiger partial charge in [-0.15, -0.1) is 0 Å². The van der Waals surface area contributed by atoms with E-state index in [1.54, 1.807) is 11.9 Å². The molecule has 1 aromatic rings. The molecular weight excluding hydrogens is 332 g/mol. The number of aromatic amines is 1. The average Bonchev–Trinajstić information content (AvgIpc) is 3.09. The number of H-pyrrole nitrogens is 1. The number of likely N-dealkylation sites (tertiary alicyclic amines) is 1. The zero-order valence-electron chi connectivity index (χ0n) is 15.6. The number of nitrogens with zero attached hydrogens (tertiary/aromatic N) is 3. The van der Waals surface area contributed by atoms with Gasteiger partial charge in [-0.25, -0.2) is 4.79 Å². The van der Waals surface area contributed by atoms with Crippen LogP contribution < -0.4 is 0 Å². The van der Waals surface area contributed by atoms with Crippen LogP contribution in [-0.2, 0) is 28.8 Å². The molecule has 2 aliphatic heterocycles. The second-order valence-electron chi connectivity index (χ2n) is 7.98. The van der Waals surface area contributed by atoms with Crippen molar-refractivity contribution >= 4 is 12.0 Å². The van der Waals surface area contributed by atoms with E-state index in [2.05, 4.69) is 10.2 Å². The Morgan fingerprint density at radius 2 is 2.08 bits per heavy atom. The van der Waals surface area contributed by atoms with Crippen LogP contribution in [0.2, 0.25) is 0 Å². The largest absolute Gasteiger partial charge is 0.441 e. The minimum atomic E-state index is -0.401. The van der Waals surface area contributed by atoms with Crippen LogP contribution in [0.1, 0.15) is 55.5 Å². The van der Waals surface area contributed by atoms with Gasteiger partial charge in [0, 0.05) is 45.1 Å². The van der Waals surface area contributed by atoms with Crippen molar-refractivity contribution in [1.29, 1.82) is 0 Å². The number of likely N-dealkylation sites (N-methyl/N-ethyl adjacent to an activating group) is 1. The lowest BCUT2D eigenvalue weighted by Crippen LogP contribution is -2.37. The molecule has 2 fully saturated rings. The van der Waals surface area contributed by atoms with Gasteiger partial charge >= 0.3 is 6.09 Å². The van der Waals surface area contributed by atoms with E-state index < -0.39 is 5.60 Å². The van der Waals surface area contributed by atoms with Gasteiger partial charge in [-0.3, -0.25) is 9.89 Å². The third-order valence-corrected chi connectivity index (χ3v) is 6.11. The summed E-state index contributed by atoms with van der Waals surface area (Å²) in [6.07, 6.45) is 8.02. The highest BCUT2D eigenvalue weighted by Gasteiger charge is 2.44. The van der Waals surface area contributed by atoms with E-state index in [4.69, 9.17) is 4.74 Å². The molecule has 142 valence electrons. The molecule has 26 heavy (non-hydrogen) atoms. The first-order chi connectivity index (χ1) is 12.6. The second kappa shape index (κ2) is 6.93. The summed E-state index contributed by atoms with van der Waals surface area (Å²) in [4.78, 5) is 28.0. The van der Waals surface area contributed by atoms with Gasteiger partial charge in [-0.05, 0) is 44.1 Å².